The molecule has 0 fully saturated rings. The predicted molar refractivity (Wildman–Crippen MR) is 123 cm³/mol. The fourth-order valence-electron chi connectivity index (χ4n) is 4.68. The molecule has 4 aromatic carbocycles. The molecule has 0 bridgehead atoms. The third kappa shape index (κ3) is 3.15. The molecule has 152 valence electrons. The number of hydrogen-bond acceptors (Lipinski definition) is 0. The quantitative estimate of drug-likeness (QED) is 0.390. The van der Waals surface area contributed by atoms with Gasteiger partial charge in [0, 0.05) is 0 Å². The van der Waals surface area contributed by atoms with Gasteiger partial charge in [-0.1, -0.05) is 103 Å². The Hall–Kier alpha value is -3.37. The minimum Gasteiger partial charge on any atom is -0.166 e. The van der Waals surface area contributed by atoms with Crippen molar-refractivity contribution in [1.82, 2.24) is 0 Å². The normalized spacial score (nSPS) is 14.7. The SMILES string of the molecule is FC(F)(F)c1ccc(C2=Cc3ccccc3[Si]2(c2ccccc2)c2ccccc2)cc1. The maximum Gasteiger partial charge on any atom is 0.416 e. The van der Waals surface area contributed by atoms with Crippen LogP contribution in [0.15, 0.2) is 109 Å². The van der Waals surface area contributed by atoms with Gasteiger partial charge in [0.1, 0.15) is 0 Å². The van der Waals surface area contributed by atoms with Gasteiger partial charge < -0.3 is 0 Å². The summed E-state index contributed by atoms with van der Waals surface area (Å²) in [6, 6.07) is 34.7. The number of rotatable bonds is 3. The Labute approximate surface area is 180 Å². The Morgan fingerprint density at radius 3 is 1.61 bits per heavy atom. The van der Waals surface area contributed by atoms with Crippen LogP contribution in [0.5, 0.6) is 0 Å². The summed E-state index contributed by atoms with van der Waals surface area (Å²) in [5.74, 6) is 0. The summed E-state index contributed by atoms with van der Waals surface area (Å²) >= 11 is 0. The van der Waals surface area contributed by atoms with Crippen LogP contribution in [-0.2, 0) is 6.18 Å². The lowest BCUT2D eigenvalue weighted by Crippen LogP contribution is -2.66. The summed E-state index contributed by atoms with van der Waals surface area (Å²) in [5.41, 5.74) is 1.35. The van der Waals surface area contributed by atoms with E-state index in [2.05, 4.69) is 48.5 Å². The second-order valence-electron chi connectivity index (χ2n) is 7.70. The first kappa shape index (κ1) is 19.6. The van der Waals surface area contributed by atoms with E-state index >= 15 is 0 Å². The molecular weight excluding hydrogens is 409 g/mol. The Morgan fingerprint density at radius 1 is 0.548 bits per heavy atom. The molecule has 1 heterocycles. The molecule has 4 heteroatoms. The van der Waals surface area contributed by atoms with Crippen molar-refractivity contribution in [2.24, 2.45) is 0 Å². The van der Waals surface area contributed by atoms with Crippen molar-refractivity contribution in [3.63, 3.8) is 0 Å². The van der Waals surface area contributed by atoms with Gasteiger partial charge in [-0.05, 0) is 44.0 Å². The molecule has 4 aromatic rings. The lowest BCUT2D eigenvalue weighted by Gasteiger charge is -2.33. The molecule has 0 aliphatic carbocycles. The molecule has 0 aromatic heterocycles. The van der Waals surface area contributed by atoms with Crippen molar-refractivity contribution in [3.05, 3.63) is 126 Å². The van der Waals surface area contributed by atoms with Crippen molar-refractivity contribution in [2.45, 2.75) is 6.18 Å². The van der Waals surface area contributed by atoms with Crippen molar-refractivity contribution in [2.75, 3.05) is 0 Å². The zero-order chi connectivity index (χ0) is 21.5. The minimum atomic E-state index is -4.35. The van der Waals surface area contributed by atoms with E-state index < -0.39 is 19.8 Å². The number of alkyl halides is 3. The van der Waals surface area contributed by atoms with Gasteiger partial charge in [-0.25, -0.2) is 0 Å². The molecule has 0 atom stereocenters. The van der Waals surface area contributed by atoms with Gasteiger partial charge in [-0.3, -0.25) is 0 Å². The Bertz CT molecular complexity index is 1200. The largest absolute Gasteiger partial charge is 0.416 e. The third-order valence-electron chi connectivity index (χ3n) is 6.01. The summed E-state index contributed by atoms with van der Waals surface area (Å²) in [5, 5.41) is 4.82. The summed E-state index contributed by atoms with van der Waals surface area (Å²) in [7, 11) is -2.66. The maximum absolute atomic E-state index is 13.2. The van der Waals surface area contributed by atoms with Gasteiger partial charge in [0.25, 0.3) is 0 Å². The highest BCUT2D eigenvalue weighted by atomic mass is 28.3. The molecule has 0 amide bonds. The van der Waals surface area contributed by atoms with Crippen LogP contribution in [0.1, 0.15) is 16.7 Å². The fraction of sp³-hybridized carbons (Fsp3) is 0.0370. The van der Waals surface area contributed by atoms with Gasteiger partial charge in [0.05, 0.1) is 5.56 Å². The molecule has 31 heavy (non-hydrogen) atoms. The lowest BCUT2D eigenvalue weighted by molar-refractivity contribution is -0.137. The van der Waals surface area contributed by atoms with Crippen molar-refractivity contribution in [1.29, 1.82) is 0 Å². The summed E-state index contributed by atoms with van der Waals surface area (Å²) in [6.45, 7) is 0. The van der Waals surface area contributed by atoms with Crippen molar-refractivity contribution in [3.8, 4) is 0 Å². The van der Waals surface area contributed by atoms with Crippen LogP contribution in [-0.4, -0.2) is 8.07 Å². The van der Waals surface area contributed by atoms with E-state index in [0.29, 0.717) is 0 Å². The highest BCUT2D eigenvalue weighted by Gasteiger charge is 2.47. The molecule has 0 radical (unpaired) electrons. The van der Waals surface area contributed by atoms with Crippen molar-refractivity contribution < 1.29 is 13.2 Å². The molecule has 0 saturated heterocycles. The van der Waals surface area contributed by atoms with Crippen LogP contribution in [0.25, 0.3) is 11.3 Å². The van der Waals surface area contributed by atoms with Crippen LogP contribution in [0.2, 0.25) is 0 Å². The van der Waals surface area contributed by atoms with Crippen LogP contribution >= 0.6 is 0 Å². The molecule has 5 rings (SSSR count). The average molecular weight is 429 g/mol. The number of benzene rings is 4. The Kier molecular flexibility index (Phi) is 4.67. The van der Waals surface area contributed by atoms with Gasteiger partial charge in [0.2, 0.25) is 0 Å². The second-order valence-corrected chi connectivity index (χ2v) is 11.4. The van der Waals surface area contributed by atoms with Gasteiger partial charge in [-0.2, -0.15) is 13.2 Å². The van der Waals surface area contributed by atoms with E-state index in [-0.39, 0.29) is 0 Å². The number of fused-ring (bicyclic) bond motifs is 1. The first-order chi connectivity index (χ1) is 15.0. The smallest absolute Gasteiger partial charge is 0.166 e. The number of halogens is 3. The van der Waals surface area contributed by atoms with Crippen molar-refractivity contribution >= 4 is 34.9 Å². The summed E-state index contributed by atoms with van der Waals surface area (Å²) in [6.07, 6.45) is -2.18. The fourth-order valence-corrected chi connectivity index (χ4v) is 9.84. The van der Waals surface area contributed by atoms with Gasteiger partial charge >= 0.3 is 6.18 Å². The predicted octanol–water partition coefficient (Wildman–Crippen LogP) is 5.27. The standard InChI is InChI=1S/C27H19F3Si/c28-27(29,30)22-17-15-20(16-18-22)26-19-21-9-7-8-14-25(21)31(26,23-10-3-1-4-11-23)24-12-5-2-6-13-24/h1-19H. The van der Waals surface area contributed by atoms with E-state index in [4.69, 9.17) is 0 Å². The van der Waals surface area contributed by atoms with Crippen LogP contribution in [0.3, 0.4) is 0 Å². The van der Waals surface area contributed by atoms with Crippen LogP contribution < -0.4 is 15.6 Å². The molecule has 1 aliphatic rings. The maximum atomic E-state index is 13.2. The molecule has 0 nitrogen and oxygen atoms in total. The van der Waals surface area contributed by atoms with E-state index in [9.17, 15) is 13.2 Å². The van der Waals surface area contributed by atoms with E-state index in [1.165, 1.54) is 27.7 Å². The lowest BCUT2D eigenvalue weighted by atomic mass is 10.1. The zero-order valence-electron chi connectivity index (χ0n) is 16.6. The molecule has 1 aliphatic heterocycles. The van der Waals surface area contributed by atoms with E-state index in [1.54, 1.807) is 12.1 Å². The monoisotopic (exact) mass is 428 g/mol. The molecule has 0 spiro atoms. The first-order valence-electron chi connectivity index (χ1n) is 10.1. The average Bonchev–Trinajstić information content (AvgIpc) is 3.16. The van der Waals surface area contributed by atoms with E-state index in [0.717, 1.165) is 16.3 Å². The second kappa shape index (κ2) is 7.40. The third-order valence-corrected chi connectivity index (χ3v) is 10.9. The Balaban J connectivity index is 1.81. The molecule has 0 saturated carbocycles. The van der Waals surface area contributed by atoms with E-state index in [1.807, 2.05) is 42.5 Å². The highest BCUT2D eigenvalue weighted by Crippen LogP contribution is 2.36. The summed E-state index contributed by atoms with van der Waals surface area (Å²) < 4.78 is 39.6. The minimum absolute atomic E-state index is 0.626. The highest BCUT2D eigenvalue weighted by molar-refractivity contribution is 7.24. The number of hydrogen-bond donors (Lipinski definition) is 0. The topological polar surface area (TPSA) is 0 Å². The van der Waals surface area contributed by atoms with Crippen LogP contribution in [0, 0.1) is 0 Å². The summed E-state index contributed by atoms with van der Waals surface area (Å²) in [4.78, 5) is 0. The molecule has 0 N–H and O–H groups in total. The molecular formula is C27H19F3Si. The Morgan fingerprint density at radius 2 is 1.06 bits per heavy atom. The zero-order valence-corrected chi connectivity index (χ0v) is 17.6. The first-order valence-corrected chi connectivity index (χ1v) is 12.1. The van der Waals surface area contributed by atoms with Crippen LogP contribution in [0.4, 0.5) is 13.2 Å². The van der Waals surface area contributed by atoms with Gasteiger partial charge in [0.15, 0.2) is 8.07 Å². The molecule has 0 unspecified atom stereocenters. The van der Waals surface area contributed by atoms with Gasteiger partial charge in [-0.15, -0.1) is 0 Å².